The number of thiophene rings is 1. The van der Waals surface area contributed by atoms with E-state index in [0.717, 1.165) is 4.68 Å². The van der Waals surface area contributed by atoms with E-state index in [1.54, 1.807) is 36.4 Å². The molecule has 0 radical (unpaired) electrons. The van der Waals surface area contributed by atoms with E-state index in [1.807, 2.05) is 25.3 Å². The van der Waals surface area contributed by atoms with Crippen LogP contribution in [0.2, 0.25) is 0 Å². The Kier molecular flexibility index (Phi) is 6.95. The molecule has 0 aliphatic carbocycles. The average Bonchev–Trinajstić information content (AvgIpc) is 3.31. The van der Waals surface area contributed by atoms with Gasteiger partial charge in [-0.05, 0) is 54.1 Å². The number of aryl methyl sites for hydroxylation is 1. The van der Waals surface area contributed by atoms with Crippen molar-refractivity contribution in [1.82, 2.24) is 9.78 Å². The van der Waals surface area contributed by atoms with Crippen molar-refractivity contribution in [2.75, 3.05) is 10.6 Å². The largest absolute Gasteiger partial charge is 0.324 e. The summed E-state index contributed by atoms with van der Waals surface area (Å²) in [6, 6.07) is 12.1. The summed E-state index contributed by atoms with van der Waals surface area (Å²) >= 11 is 1.35. The van der Waals surface area contributed by atoms with Crippen LogP contribution in [-0.2, 0) is 24.2 Å². The third-order valence-corrected chi connectivity index (χ3v) is 5.47. The van der Waals surface area contributed by atoms with E-state index < -0.39 is 11.5 Å². The van der Waals surface area contributed by atoms with Crippen LogP contribution in [0.25, 0.3) is 0 Å². The zero-order valence-corrected chi connectivity index (χ0v) is 18.0. The second-order valence-corrected chi connectivity index (χ2v) is 7.59. The number of hydrogen-bond acceptors (Lipinski definition) is 6. The number of aromatic nitrogens is 2. The fourth-order valence-corrected chi connectivity index (χ4v) is 3.73. The van der Waals surface area contributed by atoms with Gasteiger partial charge in [0.05, 0.1) is 10.6 Å². The van der Waals surface area contributed by atoms with Crippen LogP contribution < -0.4 is 16.2 Å². The van der Waals surface area contributed by atoms with E-state index in [4.69, 9.17) is 0 Å². The molecule has 3 rings (SSSR count). The SMILES string of the molecule is CCc1nn(CC(=O)Nc2ccc(NC(=O)c3cccs3)cc2)c(=O)c(C#N)c1CC. The highest BCUT2D eigenvalue weighted by atomic mass is 32.1. The number of amides is 2. The molecule has 2 aromatic heterocycles. The Morgan fingerprint density at radius 2 is 1.77 bits per heavy atom. The van der Waals surface area contributed by atoms with Crippen LogP contribution in [0, 0.1) is 11.3 Å². The Morgan fingerprint density at radius 1 is 1.10 bits per heavy atom. The molecule has 0 spiro atoms. The average molecular weight is 436 g/mol. The fourth-order valence-electron chi connectivity index (χ4n) is 3.12. The number of nitrogens with one attached hydrogen (secondary N) is 2. The van der Waals surface area contributed by atoms with Gasteiger partial charge in [0.25, 0.3) is 11.5 Å². The molecule has 31 heavy (non-hydrogen) atoms. The van der Waals surface area contributed by atoms with Crippen LogP contribution in [0.4, 0.5) is 11.4 Å². The number of rotatable bonds is 7. The number of carbonyl (C=O) groups excluding carboxylic acids is 2. The third kappa shape index (κ3) is 5.05. The van der Waals surface area contributed by atoms with Crippen LogP contribution in [-0.4, -0.2) is 21.6 Å². The van der Waals surface area contributed by atoms with Crippen molar-refractivity contribution in [3.63, 3.8) is 0 Å². The molecule has 9 heteroatoms. The predicted molar refractivity (Wildman–Crippen MR) is 119 cm³/mol. The van der Waals surface area contributed by atoms with E-state index in [9.17, 15) is 19.6 Å². The van der Waals surface area contributed by atoms with Gasteiger partial charge >= 0.3 is 0 Å². The zero-order valence-electron chi connectivity index (χ0n) is 17.1. The Morgan fingerprint density at radius 3 is 2.32 bits per heavy atom. The molecule has 0 saturated carbocycles. The normalized spacial score (nSPS) is 10.4. The number of carbonyl (C=O) groups is 2. The maximum Gasteiger partial charge on any atom is 0.285 e. The summed E-state index contributed by atoms with van der Waals surface area (Å²) in [6.07, 6.45) is 1.08. The lowest BCUT2D eigenvalue weighted by Gasteiger charge is -2.12. The summed E-state index contributed by atoms with van der Waals surface area (Å²) in [6.45, 7) is 3.44. The van der Waals surface area contributed by atoms with Crippen molar-refractivity contribution >= 4 is 34.5 Å². The van der Waals surface area contributed by atoms with Crippen molar-refractivity contribution in [3.8, 4) is 6.07 Å². The molecule has 0 aliphatic rings. The Labute approximate surface area is 183 Å². The standard InChI is InChI=1S/C22H21N5O3S/c1-3-16-17(12-23)22(30)27(26-18(16)4-2)13-20(28)24-14-7-9-15(10-8-14)25-21(29)19-6-5-11-31-19/h5-11H,3-4,13H2,1-2H3,(H,24,28)(H,25,29). The van der Waals surface area contributed by atoms with Crippen LogP contribution in [0.15, 0.2) is 46.6 Å². The molecule has 0 aliphatic heterocycles. The second kappa shape index (κ2) is 9.82. The van der Waals surface area contributed by atoms with Crippen molar-refractivity contribution < 1.29 is 9.59 Å². The van der Waals surface area contributed by atoms with Gasteiger partial charge in [-0.3, -0.25) is 14.4 Å². The highest BCUT2D eigenvalue weighted by Gasteiger charge is 2.17. The molecule has 158 valence electrons. The van der Waals surface area contributed by atoms with Crippen molar-refractivity contribution in [2.45, 2.75) is 33.2 Å². The Balaban J connectivity index is 1.69. The van der Waals surface area contributed by atoms with Gasteiger partial charge in [-0.2, -0.15) is 10.4 Å². The molecule has 3 aromatic rings. The molecule has 0 atom stereocenters. The molecule has 0 fully saturated rings. The van der Waals surface area contributed by atoms with Gasteiger partial charge in [0.2, 0.25) is 5.91 Å². The van der Waals surface area contributed by atoms with Gasteiger partial charge in [0, 0.05) is 11.4 Å². The summed E-state index contributed by atoms with van der Waals surface area (Å²) < 4.78 is 1.03. The monoisotopic (exact) mass is 435 g/mol. The van der Waals surface area contributed by atoms with E-state index in [0.29, 0.717) is 40.4 Å². The lowest BCUT2D eigenvalue weighted by molar-refractivity contribution is -0.117. The molecule has 2 heterocycles. The number of benzene rings is 1. The highest BCUT2D eigenvalue weighted by Crippen LogP contribution is 2.16. The van der Waals surface area contributed by atoms with E-state index >= 15 is 0 Å². The summed E-state index contributed by atoms with van der Waals surface area (Å²) in [4.78, 5) is 37.7. The zero-order chi connectivity index (χ0) is 22.4. The summed E-state index contributed by atoms with van der Waals surface area (Å²) in [5, 5.41) is 20.9. The number of nitrogens with zero attached hydrogens (tertiary/aromatic N) is 3. The van der Waals surface area contributed by atoms with Crippen molar-refractivity contribution in [1.29, 1.82) is 5.26 Å². The molecular formula is C22H21N5O3S. The summed E-state index contributed by atoms with van der Waals surface area (Å²) in [7, 11) is 0. The first-order chi connectivity index (χ1) is 15.0. The number of anilines is 2. The van der Waals surface area contributed by atoms with Gasteiger partial charge in [-0.25, -0.2) is 4.68 Å². The van der Waals surface area contributed by atoms with Crippen LogP contribution in [0.1, 0.15) is 40.3 Å². The number of hydrogen-bond donors (Lipinski definition) is 2. The minimum absolute atomic E-state index is 0.0352. The maximum atomic E-state index is 12.5. The topological polar surface area (TPSA) is 117 Å². The highest BCUT2D eigenvalue weighted by molar-refractivity contribution is 7.12. The molecule has 2 amide bonds. The van der Waals surface area contributed by atoms with Crippen LogP contribution in [0.3, 0.4) is 0 Å². The molecule has 1 aromatic carbocycles. The van der Waals surface area contributed by atoms with Crippen molar-refractivity contribution in [2.24, 2.45) is 0 Å². The van der Waals surface area contributed by atoms with Crippen LogP contribution in [0.5, 0.6) is 0 Å². The molecule has 2 N–H and O–H groups in total. The minimum atomic E-state index is -0.571. The minimum Gasteiger partial charge on any atom is -0.324 e. The van der Waals surface area contributed by atoms with Gasteiger partial charge in [-0.1, -0.05) is 19.9 Å². The summed E-state index contributed by atoms with van der Waals surface area (Å²) in [5.74, 6) is -0.645. The maximum absolute atomic E-state index is 12.5. The van der Waals surface area contributed by atoms with Crippen molar-refractivity contribution in [3.05, 3.63) is 73.8 Å². The molecule has 0 saturated heterocycles. The second-order valence-electron chi connectivity index (χ2n) is 6.64. The molecule has 0 unspecified atom stereocenters. The van der Waals surface area contributed by atoms with Gasteiger partial charge in [0.15, 0.2) is 0 Å². The first-order valence-corrected chi connectivity index (χ1v) is 10.6. The summed E-state index contributed by atoms with van der Waals surface area (Å²) in [5.41, 5.74) is 1.83. The van der Waals surface area contributed by atoms with Gasteiger partial charge < -0.3 is 10.6 Å². The first kappa shape index (κ1) is 21.9. The van der Waals surface area contributed by atoms with Crippen LogP contribution >= 0.6 is 11.3 Å². The Bertz CT molecular complexity index is 1190. The predicted octanol–water partition coefficient (Wildman–Crippen LogP) is 3.19. The molecular weight excluding hydrogens is 414 g/mol. The smallest absolute Gasteiger partial charge is 0.285 e. The lowest BCUT2D eigenvalue weighted by atomic mass is 10.0. The third-order valence-electron chi connectivity index (χ3n) is 4.60. The Hall–Kier alpha value is -3.77. The van der Waals surface area contributed by atoms with Gasteiger partial charge in [0.1, 0.15) is 18.2 Å². The van der Waals surface area contributed by atoms with E-state index in [-0.39, 0.29) is 18.0 Å². The fraction of sp³-hybridized carbons (Fsp3) is 0.227. The van der Waals surface area contributed by atoms with E-state index in [1.165, 1.54) is 11.3 Å². The molecule has 8 nitrogen and oxygen atoms in total. The molecule has 0 bridgehead atoms. The quantitative estimate of drug-likeness (QED) is 0.591. The number of nitriles is 1. The van der Waals surface area contributed by atoms with E-state index in [2.05, 4.69) is 15.7 Å². The first-order valence-electron chi connectivity index (χ1n) is 9.74. The van der Waals surface area contributed by atoms with Gasteiger partial charge in [-0.15, -0.1) is 11.3 Å². The lowest BCUT2D eigenvalue weighted by Crippen LogP contribution is -2.33.